The molecule has 0 aromatic carbocycles. The van der Waals surface area contributed by atoms with Gasteiger partial charge in [-0.15, -0.1) is 0 Å². The number of carbonyl (C=O) groups excluding carboxylic acids is 1. The standard InChI is InChI=1S/C8H12O4/c1-6(2)8(11)12-7(10)4-3-5-9/h3-4,7,9-10H,1,5H2,2H3/b4-3+. The number of rotatable bonds is 4. The SMILES string of the molecule is C=C(C)C(=O)OC(O)/C=C/CO. The van der Waals surface area contributed by atoms with E-state index >= 15 is 0 Å². The third-order valence-electron chi connectivity index (χ3n) is 0.982. The zero-order valence-electron chi connectivity index (χ0n) is 6.86. The van der Waals surface area contributed by atoms with Crippen LogP contribution in [0.4, 0.5) is 0 Å². The van der Waals surface area contributed by atoms with Gasteiger partial charge in [0.2, 0.25) is 6.29 Å². The molecule has 0 fully saturated rings. The molecule has 0 spiro atoms. The molecule has 0 aliphatic carbocycles. The van der Waals surface area contributed by atoms with Crippen LogP contribution < -0.4 is 0 Å². The molecule has 0 aromatic heterocycles. The van der Waals surface area contributed by atoms with Crippen LogP contribution in [-0.4, -0.2) is 29.1 Å². The van der Waals surface area contributed by atoms with Crippen molar-refractivity contribution in [1.82, 2.24) is 0 Å². The molecule has 1 atom stereocenters. The van der Waals surface area contributed by atoms with Gasteiger partial charge in [0.05, 0.1) is 6.61 Å². The normalized spacial score (nSPS) is 12.9. The van der Waals surface area contributed by atoms with E-state index in [2.05, 4.69) is 11.3 Å². The number of esters is 1. The van der Waals surface area contributed by atoms with Crippen LogP contribution in [0.2, 0.25) is 0 Å². The monoisotopic (exact) mass is 172 g/mol. The summed E-state index contributed by atoms with van der Waals surface area (Å²) in [5.74, 6) is -0.662. The van der Waals surface area contributed by atoms with Gasteiger partial charge < -0.3 is 14.9 Å². The van der Waals surface area contributed by atoms with Crippen LogP contribution in [0, 0.1) is 0 Å². The molecule has 0 saturated heterocycles. The third-order valence-corrected chi connectivity index (χ3v) is 0.982. The van der Waals surface area contributed by atoms with E-state index < -0.39 is 12.3 Å². The van der Waals surface area contributed by atoms with E-state index in [1.807, 2.05) is 0 Å². The van der Waals surface area contributed by atoms with Crippen LogP contribution in [0.15, 0.2) is 24.3 Å². The molecule has 68 valence electrons. The molecule has 0 aliphatic rings. The second-order valence-corrected chi connectivity index (χ2v) is 2.19. The first kappa shape index (κ1) is 10.9. The van der Waals surface area contributed by atoms with E-state index in [4.69, 9.17) is 10.2 Å². The van der Waals surface area contributed by atoms with Crippen molar-refractivity contribution >= 4 is 5.97 Å². The van der Waals surface area contributed by atoms with Gasteiger partial charge in [0.25, 0.3) is 0 Å². The first-order valence-electron chi connectivity index (χ1n) is 3.40. The van der Waals surface area contributed by atoms with Crippen LogP contribution in [0.25, 0.3) is 0 Å². The zero-order valence-corrected chi connectivity index (χ0v) is 6.86. The molecule has 1 unspecified atom stereocenters. The van der Waals surface area contributed by atoms with Gasteiger partial charge in [-0.25, -0.2) is 4.79 Å². The molecule has 2 N–H and O–H groups in total. The lowest BCUT2D eigenvalue weighted by molar-refractivity contribution is -0.155. The molecule has 12 heavy (non-hydrogen) atoms. The average molecular weight is 172 g/mol. The van der Waals surface area contributed by atoms with Gasteiger partial charge in [-0.2, -0.15) is 0 Å². The van der Waals surface area contributed by atoms with Gasteiger partial charge in [-0.3, -0.25) is 0 Å². The molecule has 0 bridgehead atoms. The maximum Gasteiger partial charge on any atom is 0.335 e. The van der Waals surface area contributed by atoms with E-state index in [9.17, 15) is 4.79 Å². The first-order valence-corrected chi connectivity index (χ1v) is 3.40. The van der Waals surface area contributed by atoms with Gasteiger partial charge in [0, 0.05) is 5.57 Å². The Labute approximate surface area is 70.8 Å². The highest BCUT2D eigenvalue weighted by atomic mass is 16.6. The van der Waals surface area contributed by atoms with Crippen molar-refractivity contribution < 1.29 is 19.7 Å². The molecule has 0 aliphatic heterocycles. The van der Waals surface area contributed by atoms with E-state index in [0.717, 1.165) is 0 Å². The number of aliphatic hydroxyl groups excluding tert-OH is 2. The van der Waals surface area contributed by atoms with Gasteiger partial charge >= 0.3 is 5.97 Å². The lowest BCUT2D eigenvalue weighted by Crippen LogP contribution is -2.15. The molecule has 0 radical (unpaired) electrons. The summed E-state index contributed by atoms with van der Waals surface area (Å²) in [6.07, 6.45) is 1.12. The van der Waals surface area contributed by atoms with Crippen molar-refractivity contribution in [2.24, 2.45) is 0 Å². The van der Waals surface area contributed by atoms with Gasteiger partial charge in [0.15, 0.2) is 0 Å². The highest BCUT2D eigenvalue weighted by Gasteiger charge is 2.07. The van der Waals surface area contributed by atoms with E-state index in [1.165, 1.54) is 19.1 Å². The average Bonchev–Trinajstić information content (AvgIpc) is 2.00. The van der Waals surface area contributed by atoms with Crippen LogP contribution in [0.3, 0.4) is 0 Å². The summed E-state index contributed by atoms with van der Waals surface area (Å²) in [6, 6.07) is 0. The topological polar surface area (TPSA) is 66.8 Å². The number of carbonyl (C=O) groups is 1. The van der Waals surface area contributed by atoms with Crippen molar-refractivity contribution in [1.29, 1.82) is 0 Å². The van der Waals surface area contributed by atoms with Gasteiger partial charge in [-0.05, 0) is 13.0 Å². The Kier molecular flexibility index (Phi) is 4.99. The molecule has 0 rings (SSSR count). The molecular formula is C8H12O4. The molecule has 0 saturated carbocycles. The second kappa shape index (κ2) is 5.51. The summed E-state index contributed by atoms with van der Waals surface area (Å²) in [5, 5.41) is 17.2. The summed E-state index contributed by atoms with van der Waals surface area (Å²) in [6.45, 7) is 4.60. The maximum atomic E-state index is 10.7. The summed E-state index contributed by atoms with van der Waals surface area (Å²) in [4.78, 5) is 10.7. The Morgan fingerprint density at radius 2 is 2.33 bits per heavy atom. The Morgan fingerprint density at radius 3 is 2.75 bits per heavy atom. The number of hydrogen-bond acceptors (Lipinski definition) is 4. The first-order chi connectivity index (χ1) is 5.57. The fraction of sp³-hybridized carbons (Fsp3) is 0.375. The Balaban J connectivity index is 3.84. The van der Waals surface area contributed by atoms with Crippen molar-refractivity contribution in [3.05, 3.63) is 24.3 Å². The van der Waals surface area contributed by atoms with E-state index in [0.29, 0.717) is 0 Å². The fourth-order valence-corrected chi connectivity index (χ4v) is 0.427. The van der Waals surface area contributed by atoms with Crippen LogP contribution in [0.5, 0.6) is 0 Å². The summed E-state index contributed by atoms with van der Waals surface area (Å²) < 4.78 is 4.43. The number of ether oxygens (including phenoxy) is 1. The van der Waals surface area contributed by atoms with Gasteiger partial charge in [-0.1, -0.05) is 12.7 Å². The predicted octanol–water partition coefficient (Wildman–Crippen LogP) is -0.0274. The molecule has 4 heteroatoms. The molecular weight excluding hydrogens is 160 g/mol. The summed E-state index contributed by atoms with van der Waals surface area (Å²) >= 11 is 0. The smallest absolute Gasteiger partial charge is 0.335 e. The Hall–Kier alpha value is -1.13. The lowest BCUT2D eigenvalue weighted by atomic mass is 10.4. The van der Waals surface area contributed by atoms with Crippen LogP contribution in [-0.2, 0) is 9.53 Å². The third kappa shape index (κ3) is 4.65. The minimum absolute atomic E-state index is 0.207. The van der Waals surface area contributed by atoms with Gasteiger partial charge in [0.1, 0.15) is 0 Å². The molecule has 0 heterocycles. The predicted molar refractivity (Wildman–Crippen MR) is 43.1 cm³/mol. The minimum atomic E-state index is -1.32. The largest absolute Gasteiger partial charge is 0.429 e. The van der Waals surface area contributed by atoms with Crippen molar-refractivity contribution in [2.75, 3.05) is 6.61 Å². The zero-order chi connectivity index (χ0) is 9.56. The number of aliphatic hydroxyl groups is 2. The van der Waals surface area contributed by atoms with Crippen LogP contribution in [0.1, 0.15) is 6.92 Å². The van der Waals surface area contributed by atoms with E-state index in [1.54, 1.807) is 0 Å². The van der Waals surface area contributed by atoms with E-state index in [-0.39, 0.29) is 12.2 Å². The Morgan fingerprint density at radius 1 is 1.75 bits per heavy atom. The maximum absolute atomic E-state index is 10.7. The van der Waals surface area contributed by atoms with Crippen LogP contribution >= 0.6 is 0 Å². The van der Waals surface area contributed by atoms with Crippen molar-refractivity contribution in [3.8, 4) is 0 Å². The highest BCUT2D eigenvalue weighted by molar-refractivity contribution is 5.87. The quantitative estimate of drug-likeness (QED) is 0.270. The second-order valence-electron chi connectivity index (χ2n) is 2.19. The van der Waals surface area contributed by atoms with Crippen molar-refractivity contribution in [2.45, 2.75) is 13.2 Å². The summed E-state index contributed by atoms with van der Waals surface area (Å²) in [5.41, 5.74) is 0.214. The highest BCUT2D eigenvalue weighted by Crippen LogP contribution is 1.96. The number of hydrogen-bond donors (Lipinski definition) is 2. The molecule has 0 aromatic rings. The molecule has 0 amide bonds. The van der Waals surface area contributed by atoms with Crippen molar-refractivity contribution in [3.63, 3.8) is 0 Å². The summed E-state index contributed by atoms with van der Waals surface area (Å²) in [7, 11) is 0. The molecule has 4 nitrogen and oxygen atoms in total. The lowest BCUT2D eigenvalue weighted by Gasteiger charge is -2.06. The minimum Gasteiger partial charge on any atom is -0.429 e. The Bertz CT molecular complexity index is 195. The fourth-order valence-electron chi connectivity index (χ4n) is 0.427.